The van der Waals surface area contributed by atoms with E-state index in [1.165, 1.54) is 32.1 Å². The highest BCUT2D eigenvalue weighted by Gasteiger charge is 2.22. The van der Waals surface area contributed by atoms with Crippen molar-refractivity contribution >= 4 is 5.91 Å². The van der Waals surface area contributed by atoms with Gasteiger partial charge in [0.2, 0.25) is 5.91 Å². The smallest absolute Gasteiger partial charge is 0.223 e. The maximum Gasteiger partial charge on any atom is 0.223 e. The van der Waals surface area contributed by atoms with Crippen molar-refractivity contribution in [2.45, 2.75) is 58.4 Å². The number of hydrogen-bond donors (Lipinski definition) is 0. The van der Waals surface area contributed by atoms with Crippen LogP contribution in [0.15, 0.2) is 0 Å². The van der Waals surface area contributed by atoms with Crippen LogP contribution >= 0.6 is 0 Å². The van der Waals surface area contributed by atoms with Gasteiger partial charge in [0.25, 0.3) is 0 Å². The van der Waals surface area contributed by atoms with E-state index >= 15 is 0 Å². The van der Waals surface area contributed by atoms with Gasteiger partial charge >= 0.3 is 0 Å². The maximum absolute atomic E-state index is 12.0. The van der Waals surface area contributed by atoms with Gasteiger partial charge in [0.15, 0.2) is 0 Å². The molecule has 0 heterocycles. The van der Waals surface area contributed by atoms with Crippen LogP contribution in [0.25, 0.3) is 0 Å². The minimum Gasteiger partial charge on any atom is -0.327 e. The summed E-state index contributed by atoms with van der Waals surface area (Å²) in [4.78, 5) is 13.7. The molecule has 90 valence electrons. The van der Waals surface area contributed by atoms with Crippen molar-refractivity contribution in [1.29, 1.82) is 5.26 Å². The molecule has 3 heteroatoms. The average molecular weight is 222 g/mol. The van der Waals surface area contributed by atoms with E-state index in [-0.39, 0.29) is 18.5 Å². The van der Waals surface area contributed by atoms with Gasteiger partial charge in [0.05, 0.1) is 6.07 Å². The molecule has 1 fully saturated rings. The molecule has 0 aromatic heterocycles. The van der Waals surface area contributed by atoms with Crippen molar-refractivity contribution in [3.8, 4) is 6.07 Å². The Morgan fingerprint density at radius 1 is 1.38 bits per heavy atom. The Kier molecular flexibility index (Phi) is 5.31. The highest BCUT2D eigenvalue weighted by Crippen LogP contribution is 2.27. The lowest BCUT2D eigenvalue weighted by Gasteiger charge is -2.27. The molecule has 1 saturated carbocycles. The Labute approximate surface area is 98.4 Å². The zero-order valence-electron chi connectivity index (χ0n) is 10.4. The molecule has 3 nitrogen and oxygen atoms in total. The van der Waals surface area contributed by atoms with Crippen molar-refractivity contribution in [3.05, 3.63) is 0 Å². The molecule has 0 atom stereocenters. The second-order valence-corrected chi connectivity index (χ2v) is 4.98. The van der Waals surface area contributed by atoms with Crippen LogP contribution in [-0.4, -0.2) is 23.4 Å². The standard InChI is InChI=1S/C13H22N2O/c1-11(2)15(9-8-14)13(16)10-12-6-4-3-5-7-12/h11-12H,3-7,9-10H2,1-2H3. The van der Waals surface area contributed by atoms with Crippen LogP contribution < -0.4 is 0 Å². The first kappa shape index (κ1) is 13.0. The predicted molar refractivity (Wildman–Crippen MR) is 63.7 cm³/mol. The van der Waals surface area contributed by atoms with Gasteiger partial charge in [-0.05, 0) is 32.6 Å². The number of carbonyl (C=O) groups excluding carboxylic acids is 1. The number of hydrogen-bond acceptors (Lipinski definition) is 2. The summed E-state index contributed by atoms with van der Waals surface area (Å²) < 4.78 is 0. The van der Waals surface area contributed by atoms with E-state index in [9.17, 15) is 4.79 Å². The quantitative estimate of drug-likeness (QED) is 0.686. The fourth-order valence-corrected chi connectivity index (χ4v) is 2.39. The van der Waals surface area contributed by atoms with Gasteiger partial charge in [0.1, 0.15) is 6.54 Å². The first-order valence-corrected chi connectivity index (χ1v) is 6.31. The molecular weight excluding hydrogens is 200 g/mol. The first-order chi connectivity index (χ1) is 7.65. The summed E-state index contributed by atoms with van der Waals surface area (Å²) in [7, 11) is 0. The summed E-state index contributed by atoms with van der Waals surface area (Å²) in [5.74, 6) is 0.713. The molecule has 0 unspecified atom stereocenters. The van der Waals surface area contributed by atoms with Crippen LogP contribution in [0.3, 0.4) is 0 Å². The van der Waals surface area contributed by atoms with E-state index in [0.29, 0.717) is 12.3 Å². The summed E-state index contributed by atoms with van der Waals surface area (Å²) >= 11 is 0. The first-order valence-electron chi connectivity index (χ1n) is 6.31. The molecule has 1 aliphatic rings. The molecule has 1 rings (SSSR count). The zero-order valence-corrected chi connectivity index (χ0v) is 10.4. The Bertz CT molecular complexity index is 262. The van der Waals surface area contributed by atoms with E-state index in [4.69, 9.17) is 5.26 Å². The number of nitriles is 1. The number of rotatable bonds is 4. The maximum atomic E-state index is 12.0. The van der Waals surface area contributed by atoms with Gasteiger partial charge in [-0.25, -0.2) is 0 Å². The minimum absolute atomic E-state index is 0.135. The van der Waals surface area contributed by atoms with Crippen LogP contribution in [0.2, 0.25) is 0 Å². The number of nitrogens with zero attached hydrogens (tertiary/aromatic N) is 2. The molecule has 0 bridgehead atoms. The van der Waals surface area contributed by atoms with Crippen molar-refractivity contribution in [2.75, 3.05) is 6.54 Å². The van der Waals surface area contributed by atoms with Gasteiger partial charge in [0, 0.05) is 12.5 Å². The van der Waals surface area contributed by atoms with Crippen LogP contribution in [0.1, 0.15) is 52.4 Å². The van der Waals surface area contributed by atoms with Crippen LogP contribution in [0, 0.1) is 17.2 Å². The average Bonchev–Trinajstić information content (AvgIpc) is 2.26. The van der Waals surface area contributed by atoms with E-state index in [0.717, 1.165) is 0 Å². The summed E-state index contributed by atoms with van der Waals surface area (Å²) in [6.45, 7) is 4.16. The van der Waals surface area contributed by atoms with E-state index in [2.05, 4.69) is 6.07 Å². The lowest BCUT2D eigenvalue weighted by Crippen LogP contribution is -2.38. The Morgan fingerprint density at radius 2 is 2.00 bits per heavy atom. The highest BCUT2D eigenvalue weighted by atomic mass is 16.2. The summed E-state index contributed by atoms with van der Waals surface area (Å²) in [6, 6.07) is 2.21. The molecule has 1 amide bonds. The predicted octanol–water partition coefficient (Wildman–Crippen LogP) is 2.72. The third kappa shape index (κ3) is 3.84. The molecular formula is C13H22N2O. The third-order valence-corrected chi connectivity index (χ3v) is 3.37. The lowest BCUT2D eigenvalue weighted by molar-refractivity contribution is -0.133. The normalized spacial score (nSPS) is 17.1. The van der Waals surface area contributed by atoms with Gasteiger partial charge < -0.3 is 4.90 Å². The van der Waals surface area contributed by atoms with E-state index in [1.54, 1.807) is 4.90 Å². The fraction of sp³-hybridized carbons (Fsp3) is 0.846. The molecule has 0 spiro atoms. The zero-order chi connectivity index (χ0) is 12.0. The lowest BCUT2D eigenvalue weighted by atomic mass is 9.86. The minimum atomic E-state index is 0.135. The van der Waals surface area contributed by atoms with E-state index in [1.807, 2.05) is 13.8 Å². The molecule has 0 aliphatic heterocycles. The van der Waals surface area contributed by atoms with Crippen molar-refractivity contribution in [2.24, 2.45) is 5.92 Å². The third-order valence-electron chi connectivity index (χ3n) is 3.37. The Balaban J connectivity index is 2.44. The summed E-state index contributed by atoms with van der Waals surface area (Å²) in [6.07, 6.45) is 6.85. The summed E-state index contributed by atoms with van der Waals surface area (Å²) in [5, 5.41) is 8.70. The Hall–Kier alpha value is -1.04. The second-order valence-electron chi connectivity index (χ2n) is 4.98. The largest absolute Gasteiger partial charge is 0.327 e. The molecule has 0 radical (unpaired) electrons. The topological polar surface area (TPSA) is 44.1 Å². The van der Waals surface area contributed by atoms with Gasteiger partial charge in [-0.2, -0.15) is 5.26 Å². The molecule has 0 N–H and O–H groups in total. The van der Waals surface area contributed by atoms with Crippen LogP contribution in [0.4, 0.5) is 0 Å². The molecule has 1 aliphatic carbocycles. The van der Waals surface area contributed by atoms with Crippen molar-refractivity contribution in [3.63, 3.8) is 0 Å². The van der Waals surface area contributed by atoms with Crippen LogP contribution in [0.5, 0.6) is 0 Å². The van der Waals surface area contributed by atoms with Gasteiger partial charge in [-0.3, -0.25) is 4.79 Å². The Morgan fingerprint density at radius 3 is 2.50 bits per heavy atom. The summed E-state index contributed by atoms with van der Waals surface area (Å²) in [5.41, 5.74) is 0. The molecule has 0 aromatic carbocycles. The monoisotopic (exact) mass is 222 g/mol. The van der Waals surface area contributed by atoms with Gasteiger partial charge in [-0.15, -0.1) is 0 Å². The fourth-order valence-electron chi connectivity index (χ4n) is 2.39. The van der Waals surface area contributed by atoms with Crippen molar-refractivity contribution in [1.82, 2.24) is 4.90 Å². The van der Waals surface area contributed by atoms with Gasteiger partial charge in [-0.1, -0.05) is 19.3 Å². The molecule has 0 aromatic rings. The molecule has 16 heavy (non-hydrogen) atoms. The molecule has 0 saturated heterocycles. The van der Waals surface area contributed by atoms with Crippen LogP contribution in [-0.2, 0) is 4.79 Å². The second kappa shape index (κ2) is 6.52. The number of carbonyl (C=O) groups is 1. The van der Waals surface area contributed by atoms with E-state index < -0.39 is 0 Å². The highest BCUT2D eigenvalue weighted by molar-refractivity contribution is 5.77. The SMILES string of the molecule is CC(C)N(CC#N)C(=O)CC1CCCCC1. The van der Waals surface area contributed by atoms with Crippen molar-refractivity contribution < 1.29 is 4.79 Å². The number of amides is 1.